The van der Waals surface area contributed by atoms with Gasteiger partial charge in [0.05, 0.1) is 24.4 Å². The number of terminal acetylenes is 1. The highest BCUT2D eigenvalue weighted by molar-refractivity contribution is 9.10. The van der Waals surface area contributed by atoms with E-state index in [0.717, 1.165) is 16.5 Å². The second kappa shape index (κ2) is 13.4. The van der Waals surface area contributed by atoms with Crippen LogP contribution in [-0.4, -0.2) is 49.6 Å². The Morgan fingerprint density at radius 1 is 1.27 bits per heavy atom. The third kappa shape index (κ3) is 7.75. The van der Waals surface area contributed by atoms with Crippen LogP contribution in [0.25, 0.3) is 10.9 Å². The lowest BCUT2D eigenvalue weighted by atomic mass is 10.0. The number of alkyl carbamates (subject to hydrolysis) is 1. The van der Waals surface area contributed by atoms with Crippen molar-refractivity contribution in [2.24, 2.45) is 11.0 Å². The summed E-state index contributed by atoms with van der Waals surface area (Å²) in [5.41, 5.74) is 4.95. The fourth-order valence-electron chi connectivity index (χ4n) is 3.47. The zero-order valence-corrected chi connectivity index (χ0v) is 22.4. The first-order valence-corrected chi connectivity index (χ1v) is 12.4. The number of carbonyl (C=O) groups is 2. The number of carbonyl (C=O) groups excluding carboxylic acids is 2. The average Bonchev–Trinajstić information content (AvgIpc) is 3.29. The van der Waals surface area contributed by atoms with E-state index in [0.29, 0.717) is 21.5 Å². The molecule has 1 heterocycles. The Morgan fingerprint density at radius 2 is 2.05 bits per heavy atom. The van der Waals surface area contributed by atoms with Crippen molar-refractivity contribution in [3.05, 3.63) is 58.2 Å². The molecule has 2 aromatic carbocycles. The van der Waals surface area contributed by atoms with Crippen molar-refractivity contribution in [1.29, 1.82) is 0 Å². The van der Waals surface area contributed by atoms with Gasteiger partial charge in [0, 0.05) is 23.5 Å². The quantitative estimate of drug-likeness (QED) is 0.180. The Balaban J connectivity index is 1.75. The van der Waals surface area contributed by atoms with Crippen molar-refractivity contribution in [1.82, 2.24) is 15.7 Å². The third-order valence-corrected chi connectivity index (χ3v) is 5.78. The highest BCUT2D eigenvalue weighted by Crippen LogP contribution is 2.36. The van der Waals surface area contributed by atoms with Crippen LogP contribution < -0.4 is 20.2 Å². The molecule has 1 aromatic heterocycles. The van der Waals surface area contributed by atoms with Gasteiger partial charge in [0.25, 0.3) is 5.91 Å². The number of halogens is 1. The van der Waals surface area contributed by atoms with E-state index in [1.807, 2.05) is 44.3 Å². The van der Waals surface area contributed by atoms with E-state index >= 15 is 0 Å². The van der Waals surface area contributed by atoms with Crippen LogP contribution in [0.1, 0.15) is 25.0 Å². The van der Waals surface area contributed by atoms with E-state index in [9.17, 15) is 9.59 Å². The van der Waals surface area contributed by atoms with Gasteiger partial charge < -0.3 is 24.5 Å². The molecule has 0 spiro atoms. The molecule has 0 aliphatic carbocycles. The highest BCUT2D eigenvalue weighted by atomic mass is 79.9. The molecule has 0 bridgehead atoms. The minimum Gasteiger partial charge on any atom is -0.493 e. The number of H-pyrrole nitrogens is 1. The van der Waals surface area contributed by atoms with Crippen molar-refractivity contribution in [3.8, 4) is 23.8 Å². The monoisotopic (exact) mass is 568 g/mol. The molecule has 1 atom stereocenters. The molecule has 194 valence electrons. The lowest BCUT2D eigenvalue weighted by molar-refractivity contribution is -0.123. The summed E-state index contributed by atoms with van der Waals surface area (Å²) in [7, 11) is 1.51. The van der Waals surface area contributed by atoms with Crippen molar-refractivity contribution in [2.45, 2.75) is 26.3 Å². The van der Waals surface area contributed by atoms with Gasteiger partial charge in [-0.25, -0.2) is 10.2 Å². The van der Waals surface area contributed by atoms with Crippen molar-refractivity contribution in [2.75, 3.05) is 20.3 Å². The van der Waals surface area contributed by atoms with Crippen LogP contribution in [0, 0.1) is 18.3 Å². The molecule has 2 amide bonds. The molecule has 37 heavy (non-hydrogen) atoms. The Labute approximate surface area is 224 Å². The number of nitrogens with one attached hydrogen (secondary N) is 3. The van der Waals surface area contributed by atoms with Crippen molar-refractivity contribution < 1.29 is 23.8 Å². The summed E-state index contributed by atoms with van der Waals surface area (Å²) in [5, 5.41) is 7.69. The number of benzene rings is 2. The molecule has 0 fully saturated rings. The lowest BCUT2D eigenvalue weighted by Crippen LogP contribution is -2.47. The number of aromatic amines is 1. The van der Waals surface area contributed by atoms with E-state index in [-0.39, 0.29) is 25.6 Å². The molecule has 0 radical (unpaired) electrons. The van der Waals surface area contributed by atoms with Gasteiger partial charge in [-0.05, 0) is 51.2 Å². The van der Waals surface area contributed by atoms with Gasteiger partial charge in [-0.2, -0.15) is 5.10 Å². The summed E-state index contributed by atoms with van der Waals surface area (Å²) in [6, 6.07) is 10.2. The number of aromatic nitrogens is 1. The zero-order chi connectivity index (χ0) is 26.8. The maximum atomic E-state index is 13.1. The maximum Gasteiger partial charge on any atom is 0.407 e. The average molecular weight is 569 g/mol. The first kappa shape index (κ1) is 27.6. The number of rotatable bonds is 11. The number of amides is 2. The van der Waals surface area contributed by atoms with E-state index in [1.54, 1.807) is 12.1 Å². The number of methoxy groups -OCH3 is 1. The van der Waals surface area contributed by atoms with E-state index in [2.05, 4.69) is 42.7 Å². The maximum absolute atomic E-state index is 13.1. The summed E-state index contributed by atoms with van der Waals surface area (Å²) in [4.78, 5) is 28.6. The summed E-state index contributed by atoms with van der Waals surface area (Å²) in [6.07, 6.45) is 8.11. The molecule has 3 N–H and O–H groups in total. The van der Waals surface area contributed by atoms with E-state index in [4.69, 9.17) is 20.6 Å². The van der Waals surface area contributed by atoms with Gasteiger partial charge in [0.1, 0.15) is 12.6 Å². The molecule has 10 heteroatoms. The highest BCUT2D eigenvalue weighted by Gasteiger charge is 2.23. The second-order valence-electron chi connectivity index (χ2n) is 8.51. The SMILES string of the molecule is C#CCOc1c(Br)cc(/C=N\NC(=O)[C@H](Cc2c[nH]c3ccccc23)NC(=O)OCC(C)C)cc1OC. The van der Waals surface area contributed by atoms with Crippen LogP contribution in [0.4, 0.5) is 4.79 Å². The first-order valence-electron chi connectivity index (χ1n) is 11.6. The summed E-state index contributed by atoms with van der Waals surface area (Å²) in [6.45, 7) is 4.19. The van der Waals surface area contributed by atoms with Gasteiger partial charge in [-0.3, -0.25) is 4.79 Å². The first-order chi connectivity index (χ1) is 17.8. The minimum absolute atomic E-state index is 0.0862. The van der Waals surface area contributed by atoms with Gasteiger partial charge in [-0.1, -0.05) is 38.0 Å². The Morgan fingerprint density at radius 3 is 2.78 bits per heavy atom. The fourth-order valence-corrected chi connectivity index (χ4v) is 4.05. The normalized spacial score (nSPS) is 11.8. The number of hydrazone groups is 1. The molecule has 0 aliphatic heterocycles. The summed E-state index contributed by atoms with van der Waals surface area (Å²) >= 11 is 3.43. The Kier molecular flexibility index (Phi) is 9.98. The molecule has 0 aliphatic rings. The van der Waals surface area contributed by atoms with Gasteiger partial charge >= 0.3 is 6.09 Å². The molecule has 3 aromatic rings. The summed E-state index contributed by atoms with van der Waals surface area (Å²) < 4.78 is 16.7. The molecular formula is C27H29BrN4O5. The topological polar surface area (TPSA) is 114 Å². The van der Waals surface area contributed by atoms with Crippen LogP contribution in [0.5, 0.6) is 11.5 Å². The van der Waals surface area contributed by atoms with Crippen LogP contribution in [0.2, 0.25) is 0 Å². The van der Waals surface area contributed by atoms with Gasteiger partial charge in [-0.15, -0.1) is 6.42 Å². The van der Waals surface area contributed by atoms with Crippen molar-refractivity contribution >= 4 is 45.0 Å². The largest absolute Gasteiger partial charge is 0.493 e. The van der Waals surface area contributed by atoms with Crippen LogP contribution in [-0.2, 0) is 16.0 Å². The summed E-state index contributed by atoms with van der Waals surface area (Å²) in [5.74, 6) is 2.98. The van der Waals surface area contributed by atoms with E-state index in [1.165, 1.54) is 13.3 Å². The Hall–Kier alpha value is -3.97. The van der Waals surface area contributed by atoms with E-state index < -0.39 is 18.0 Å². The predicted molar refractivity (Wildman–Crippen MR) is 146 cm³/mol. The number of fused-ring (bicyclic) bond motifs is 1. The smallest absolute Gasteiger partial charge is 0.407 e. The minimum atomic E-state index is -0.920. The number of hydrogen-bond donors (Lipinski definition) is 3. The molecule has 9 nitrogen and oxygen atoms in total. The number of nitrogens with zero attached hydrogens (tertiary/aromatic N) is 1. The standard InChI is InChI=1S/C27H29BrN4O5/c1-5-10-36-25-21(28)11-18(12-24(25)35-4)14-30-32-26(33)23(31-27(34)37-16-17(2)3)13-19-15-29-22-9-7-6-8-20(19)22/h1,6-9,11-12,14-15,17,23,29H,10,13,16H2,2-4H3,(H,31,34)(H,32,33)/b30-14-/t23-/m0/s1. The number of para-hydroxylation sites is 1. The molecular weight excluding hydrogens is 540 g/mol. The van der Waals surface area contributed by atoms with Crippen molar-refractivity contribution in [3.63, 3.8) is 0 Å². The number of hydrogen-bond acceptors (Lipinski definition) is 6. The van der Waals surface area contributed by atoms with Crippen LogP contribution >= 0.6 is 15.9 Å². The second-order valence-corrected chi connectivity index (χ2v) is 9.37. The predicted octanol–water partition coefficient (Wildman–Crippen LogP) is 4.39. The van der Waals surface area contributed by atoms with Crippen LogP contribution in [0.3, 0.4) is 0 Å². The lowest BCUT2D eigenvalue weighted by Gasteiger charge is -2.17. The zero-order valence-electron chi connectivity index (χ0n) is 20.8. The van der Waals surface area contributed by atoms with Gasteiger partial charge in [0.2, 0.25) is 0 Å². The number of ether oxygens (including phenoxy) is 3. The molecule has 0 saturated carbocycles. The molecule has 3 rings (SSSR count). The van der Waals surface area contributed by atoms with Gasteiger partial charge in [0.15, 0.2) is 11.5 Å². The molecule has 0 saturated heterocycles. The molecule has 0 unspecified atom stereocenters. The van der Waals surface area contributed by atoms with Crippen LogP contribution in [0.15, 0.2) is 52.2 Å². The third-order valence-electron chi connectivity index (χ3n) is 5.20. The fraction of sp³-hybridized carbons (Fsp3) is 0.296. The Bertz CT molecular complexity index is 1310.